The van der Waals surface area contributed by atoms with Crippen molar-refractivity contribution in [3.05, 3.63) is 143 Å². The quantitative estimate of drug-likeness (QED) is 0.162. The zero-order valence-electron chi connectivity index (χ0n) is 34.8. The number of aryl methyl sites for hydroxylation is 2. The zero-order valence-corrected chi connectivity index (χ0v) is 34.2. The van der Waals surface area contributed by atoms with Gasteiger partial charge in [-0.25, -0.2) is 0 Å². The zero-order chi connectivity index (χ0) is 40.1. The Hall–Kier alpha value is -4.97. The molecule has 0 aliphatic carbocycles. The Kier molecular flexibility index (Phi) is 9.92. The number of imidazole rings is 1. The van der Waals surface area contributed by atoms with E-state index in [1.807, 2.05) is 43.5 Å². The fourth-order valence-electron chi connectivity index (χ4n) is 6.75. The summed E-state index contributed by atoms with van der Waals surface area (Å²) < 4.78 is 44.6. The number of pyridine rings is 2. The summed E-state index contributed by atoms with van der Waals surface area (Å²) in [6.07, 6.45) is 3.65. The molecule has 0 amide bonds. The molecule has 8 aromatic rings. The van der Waals surface area contributed by atoms with E-state index < -0.39 is 12.7 Å². The minimum atomic E-state index is -2.33. The smallest absolute Gasteiger partial charge is 0.120 e. The van der Waals surface area contributed by atoms with E-state index in [1.54, 1.807) is 12.3 Å². The van der Waals surface area contributed by atoms with Gasteiger partial charge in [0, 0.05) is 53.0 Å². The fraction of sp³-hybridized carbons (Fsp3) is 0.255. The number of hydrogen-bond acceptors (Lipinski definition) is 4. The summed E-state index contributed by atoms with van der Waals surface area (Å²) in [6, 6.07) is 33.0. The van der Waals surface area contributed by atoms with Crippen molar-refractivity contribution in [2.75, 3.05) is 0 Å². The molecule has 4 aromatic heterocycles. The van der Waals surface area contributed by atoms with E-state index in [-0.39, 0.29) is 36.6 Å². The van der Waals surface area contributed by atoms with Gasteiger partial charge in [-0.3, -0.25) is 14.4 Å². The Labute approximate surface area is 335 Å². The summed E-state index contributed by atoms with van der Waals surface area (Å²) in [7, 11) is 0. The molecule has 0 fully saturated rings. The van der Waals surface area contributed by atoms with Crippen LogP contribution in [-0.2, 0) is 25.5 Å². The molecule has 0 spiro atoms. The average molecular weight is 896 g/mol. The van der Waals surface area contributed by atoms with Crippen molar-refractivity contribution >= 4 is 33.0 Å². The van der Waals surface area contributed by atoms with Crippen LogP contribution < -0.4 is 0 Å². The van der Waals surface area contributed by atoms with Gasteiger partial charge in [0.05, 0.1) is 28.6 Å². The second kappa shape index (κ2) is 15.4. The van der Waals surface area contributed by atoms with Gasteiger partial charge in [-0.05, 0) is 58.7 Å². The molecular weight excluding hydrogens is 848 g/mol. The molecule has 0 atom stereocenters. The van der Waals surface area contributed by atoms with Crippen LogP contribution in [0.25, 0.3) is 61.3 Å². The van der Waals surface area contributed by atoms with Crippen molar-refractivity contribution in [1.29, 1.82) is 0 Å². The molecule has 4 aromatic carbocycles. The van der Waals surface area contributed by atoms with E-state index in [1.165, 1.54) is 22.9 Å². The third-order valence-electron chi connectivity index (χ3n) is 9.58. The summed E-state index contributed by atoms with van der Waals surface area (Å²) >= 11 is 0. The molecule has 54 heavy (non-hydrogen) atoms. The number of para-hydroxylation sites is 2. The summed E-state index contributed by atoms with van der Waals surface area (Å²) in [5.74, 6) is 0.892. The number of hydrogen-bond donors (Lipinski definition) is 0. The van der Waals surface area contributed by atoms with Crippen molar-refractivity contribution in [3.8, 4) is 28.3 Å². The van der Waals surface area contributed by atoms with Crippen LogP contribution in [0.1, 0.15) is 92.4 Å². The Morgan fingerprint density at radius 1 is 0.833 bits per heavy atom. The monoisotopic (exact) mass is 896 g/mol. The number of aromatic nitrogens is 4. The predicted octanol–water partition coefficient (Wildman–Crippen LogP) is 12.6. The fourth-order valence-corrected chi connectivity index (χ4v) is 6.75. The second-order valence-electron chi connectivity index (χ2n) is 15.2. The van der Waals surface area contributed by atoms with Crippen molar-refractivity contribution in [1.82, 2.24) is 19.5 Å². The van der Waals surface area contributed by atoms with E-state index in [9.17, 15) is 4.39 Å². The van der Waals surface area contributed by atoms with E-state index in [4.69, 9.17) is 13.5 Å². The van der Waals surface area contributed by atoms with Crippen LogP contribution in [0.2, 0.25) is 0 Å². The normalized spacial score (nSPS) is 12.8. The van der Waals surface area contributed by atoms with Crippen LogP contribution in [0, 0.1) is 31.7 Å². The van der Waals surface area contributed by atoms with Gasteiger partial charge < -0.3 is 14.0 Å². The molecule has 0 N–H and O–H groups in total. The summed E-state index contributed by atoms with van der Waals surface area (Å²) in [6.45, 7) is 14.9. The van der Waals surface area contributed by atoms with Crippen LogP contribution in [0.5, 0.6) is 0 Å². The van der Waals surface area contributed by atoms with Crippen LogP contribution >= 0.6 is 0 Å². The number of fused-ring (bicyclic) bond motifs is 4. The van der Waals surface area contributed by atoms with Gasteiger partial charge in [0.2, 0.25) is 0 Å². The number of nitrogens with zero attached hydrogens (tertiary/aromatic N) is 4. The Morgan fingerprint density at radius 2 is 1.57 bits per heavy atom. The van der Waals surface area contributed by atoms with Crippen LogP contribution in [0.15, 0.2) is 102 Å². The number of halogens is 1. The summed E-state index contributed by atoms with van der Waals surface area (Å²) in [5, 5.41) is 2.17. The maximum Gasteiger partial charge on any atom is 0.120 e. The molecule has 7 heteroatoms. The van der Waals surface area contributed by atoms with Crippen LogP contribution in [0.3, 0.4) is 0 Å². The molecule has 0 unspecified atom stereocenters. The molecule has 1 radical (unpaired) electrons. The Morgan fingerprint density at radius 3 is 2.22 bits per heavy atom. The number of rotatable bonds is 5. The second-order valence-corrected chi connectivity index (χ2v) is 15.2. The van der Waals surface area contributed by atoms with Gasteiger partial charge in [-0.1, -0.05) is 120 Å². The van der Waals surface area contributed by atoms with Crippen molar-refractivity contribution < 1.29 is 33.0 Å². The summed E-state index contributed by atoms with van der Waals surface area (Å²) in [4.78, 5) is 14.1. The van der Waals surface area contributed by atoms with Gasteiger partial charge in [-0.15, -0.1) is 42.0 Å². The molecule has 4 heterocycles. The largest absolute Gasteiger partial charge is 0.501 e. The van der Waals surface area contributed by atoms with E-state index >= 15 is 0 Å². The molecule has 0 bridgehead atoms. The minimum Gasteiger partial charge on any atom is -0.501 e. The van der Waals surface area contributed by atoms with Crippen molar-refractivity contribution in [3.63, 3.8) is 0 Å². The van der Waals surface area contributed by atoms with Gasteiger partial charge in [-0.2, -0.15) is 0 Å². The molecule has 8 rings (SSSR count). The van der Waals surface area contributed by atoms with Gasteiger partial charge in [0.1, 0.15) is 5.58 Å². The van der Waals surface area contributed by atoms with E-state index in [0.29, 0.717) is 17.5 Å². The first-order chi connectivity index (χ1) is 26.5. The predicted molar refractivity (Wildman–Crippen MR) is 215 cm³/mol. The van der Waals surface area contributed by atoms with Gasteiger partial charge in [0.15, 0.2) is 0 Å². The van der Waals surface area contributed by atoms with Crippen molar-refractivity contribution in [2.45, 2.75) is 79.5 Å². The third-order valence-corrected chi connectivity index (χ3v) is 9.58. The molecule has 5 nitrogen and oxygen atoms in total. The first-order valence-electron chi connectivity index (χ1n) is 19.5. The molecule has 0 aliphatic rings. The first-order valence-corrected chi connectivity index (χ1v) is 18.0. The van der Waals surface area contributed by atoms with Crippen molar-refractivity contribution in [2.24, 2.45) is 0 Å². The molecule has 0 saturated heterocycles. The van der Waals surface area contributed by atoms with E-state index in [2.05, 4.69) is 112 Å². The maximum absolute atomic E-state index is 14.1. The molecule has 0 aliphatic heterocycles. The topological polar surface area (TPSA) is 56.7 Å². The Bertz CT molecular complexity index is 2680. The molecular formula is C47H45FIrN4O-2. The van der Waals surface area contributed by atoms with Crippen LogP contribution in [0.4, 0.5) is 4.39 Å². The summed E-state index contributed by atoms with van der Waals surface area (Å²) in [5.41, 5.74) is 10.7. The van der Waals surface area contributed by atoms with Gasteiger partial charge in [0.25, 0.3) is 0 Å². The SMILES string of the molecule is Cc1cc2nc(-c3[c-]ccc4c3oc3ccccc34)n(-c3c(C(C)C)cccc3C(C)C)c2cn1.[2H]C([2H])([2H])c1c[c-]c(-c2ccc(C(C)(C)C)cn2)c(F)c1.[Ir]. The first kappa shape index (κ1) is 34.8. The van der Waals surface area contributed by atoms with Gasteiger partial charge >= 0.3 is 0 Å². The molecule has 277 valence electrons. The third kappa shape index (κ3) is 7.40. The van der Waals surface area contributed by atoms with Crippen LogP contribution in [-0.4, -0.2) is 19.5 Å². The number of benzene rings is 4. The average Bonchev–Trinajstić information content (AvgIpc) is 3.72. The Balaban J connectivity index is 0.000000215. The number of furan rings is 1. The van der Waals surface area contributed by atoms with E-state index in [0.717, 1.165) is 61.7 Å². The maximum atomic E-state index is 14.1. The molecule has 0 saturated carbocycles. The standard InChI is InChI=1S/C31H28N3O.C16H17FN.Ir/c1-18(2)21-11-8-12-22(19(3)4)29(21)34-27-17-32-20(5)16-26(27)33-31(34)25-14-9-13-24-23-10-6-7-15-28(23)35-30(24)25;1-11-5-7-13(14(17)9-11)15-8-6-12(10-18-15)16(2,3)4;/h6-13,15-19H,1-5H3;5-6,8-10H,1-4H3;/q2*-1;/i;1D3;. The minimum absolute atomic E-state index is 0.